The van der Waals surface area contributed by atoms with Crippen molar-refractivity contribution in [3.8, 4) is 0 Å². The van der Waals surface area contributed by atoms with Gasteiger partial charge in [0.2, 0.25) is 10.0 Å². The molecule has 1 aromatic carbocycles. The summed E-state index contributed by atoms with van der Waals surface area (Å²) in [4.78, 5) is 2.43. The molecule has 0 bridgehead atoms. The summed E-state index contributed by atoms with van der Waals surface area (Å²) in [5, 5.41) is 4.54. The van der Waals surface area contributed by atoms with Crippen LogP contribution in [0.2, 0.25) is 0 Å². The Balaban J connectivity index is 1.57. The van der Waals surface area contributed by atoms with Gasteiger partial charge in [-0.1, -0.05) is 43.7 Å². The summed E-state index contributed by atoms with van der Waals surface area (Å²) in [6.45, 7) is 6.33. The number of sulfonamides is 1. The van der Waals surface area contributed by atoms with Gasteiger partial charge in [0.15, 0.2) is 0 Å². The first-order valence-electron chi connectivity index (χ1n) is 8.85. The maximum atomic E-state index is 12.2. The van der Waals surface area contributed by atoms with Crippen molar-refractivity contribution >= 4 is 10.0 Å². The minimum absolute atomic E-state index is 0.00774. The second-order valence-corrected chi connectivity index (χ2v) is 8.35. The zero-order valence-electron chi connectivity index (χ0n) is 14.7. The van der Waals surface area contributed by atoms with Gasteiger partial charge in [0.05, 0.1) is 30.2 Å². The molecule has 2 heterocycles. The average molecular weight is 362 g/mol. The summed E-state index contributed by atoms with van der Waals surface area (Å²) in [6, 6.07) is 11.2. The molecular weight excluding hydrogens is 336 g/mol. The molecule has 1 aliphatic rings. The van der Waals surface area contributed by atoms with E-state index in [1.165, 1.54) is 18.5 Å². The monoisotopic (exact) mass is 362 g/mol. The Kier molecular flexibility index (Phi) is 5.88. The zero-order valence-corrected chi connectivity index (χ0v) is 15.5. The summed E-state index contributed by atoms with van der Waals surface area (Å²) in [6.07, 6.45) is 2.41. The molecule has 0 radical (unpaired) electrons. The fourth-order valence-corrected chi connectivity index (χ4v) is 4.17. The van der Waals surface area contributed by atoms with E-state index < -0.39 is 10.0 Å². The molecule has 3 rings (SSSR count). The summed E-state index contributed by atoms with van der Waals surface area (Å²) in [5.41, 5.74) is 2.73. The lowest BCUT2D eigenvalue weighted by molar-refractivity contribution is 0.210. The number of aromatic nitrogens is 2. The molecule has 0 unspecified atom stereocenters. The Morgan fingerprint density at radius 3 is 2.76 bits per heavy atom. The smallest absolute Gasteiger partial charge is 0.216 e. The highest BCUT2D eigenvalue weighted by molar-refractivity contribution is 7.88. The molecule has 136 valence electrons. The Morgan fingerprint density at radius 1 is 1.20 bits per heavy atom. The Morgan fingerprint density at radius 2 is 2.00 bits per heavy atom. The third kappa shape index (κ3) is 5.14. The second kappa shape index (κ2) is 8.12. The van der Waals surface area contributed by atoms with Gasteiger partial charge in [-0.2, -0.15) is 5.10 Å². The lowest BCUT2D eigenvalue weighted by Gasteiger charge is -2.27. The van der Waals surface area contributed by atoms with Gasteiger partial charge in [-0.25, -0.2) is 13.1 Å². The van der Waals surface area contributed by atoms with Gasteiger partial charge in [-0.05, 0) is 24.6 Å². The third-order valence-corrected chi connectivity index (χ3v) is 5.73. The van der Waals surface area contributed by atoms with Crippen molar-refractivity contribution in [1.29, 1.82) is 0 Å². The van der Waals surface area contributed by atoms with Crippen molar-refractivity contribution in [2.75, 3.05) is 13.1 Å². The quantitative estimate of drug-likeness (QED) is 0.781. The van der Waals surface area contributed by atoms with Crippen LogP contribution in [0.3, 0.4) is 0 Å². The van der Waals surface area contributed by atoms with Crippen LogP contribution in [-0.4, -0.2) is 36.2 Å². The number of nitrogens with zero attached hydrogens (tertiary/aromatic N) is 3. The fourth-order valence-electron chi connectivity index (χ4n) is 3.07. The zero-order chi connectivity index (χ0) is 17.7. The molecule has 0 amide bonds. The van der Waals surface area contributed by atoms with Crippen molar-refractivity contribution in [2.45, 2.75) is 45.2 Å². The van der Waals surface area contributed by atoms with E-state index in [-0.39, 0.29) is 12.3 Å². The first-order valence-corrected chi connectivity index (χ1v) is 10.5. The van der Waals surface area contributed by atoms with Crippen LogP contribution in [0.1, 0.15) is 36.7 Å². The topological polar surface area (TPSA) is 67.2 Å². The molecule has 7 heteroatoms. The van der Waals surface area contributed by atoms with Crippen molar-refractivity contribution in [3.63, 3.8) is 0 Å². The van der Waals surface area contributed by atoms with E-state index in [4.69, 9.17) is 0 Å². The summed E-state index contributed by atoms with van der Waals surface area (Å²) in [7, 11) is -3.37. The lowest BCUT2D eigenvalue weighted by Crippen LogP contribution is -2.34. The molecule has 0 saturated carbocycles. The largest absolute Gasteiger partial charge is 0.296 e. The van der Waals surface area contributed by atoms with E-state index >= 15 is 0 Å². The summed E-state index contributed by atoms with van der Waals surface area (Å²) >= 11 is 0. The number of nitrogens with one attached hydrogen (secondary N) is 1. The molecule has 1 aliphatic heterocycles. The van der Waals surface area contributed by atoms with Crippen LogP contribution >= 0.6 is 0 Å². The van der Waals surface area contributed by atoms with Crippen LogP contribution in [0.15, 0.2) is 36.4 Å². The van der Waals surface area contributed by atoms with Crippen molar-refractivity contribution in [3.05, 3.63) is 53.3 Å². The highest BCUT2D eigenvalue weighted by Gasteiger charge is 2.19. The van der Waals surface area contributed by atoms with Crippen LogP contribution in [0.4, 0.5) is 0 Å². The normalized spacial score (nSPS) is 15.2. The predicted octanol–water partition coefficient (Wildman–Crippen LogP) is 2.12. The first kappa shape index (κ1) is 18.1. The van der Waals surface area contributed by atoms with Gasteiger partial charge in [0.1, 0.15) is 0 Å². The minimum Gasteiger partial charge on any atom is -0.296 e. The predicted molar refractivity (Wildman–Crippen MR) is 98.3 cm³/mol. The van der Waals surface area contributed by atoms with Crippen molar-refractivity contribution in [2.24, 2.45) is 0 Å². The van der Waals surface area contributed by atoms with Crippen molar-refractivity contribution in [1.82, 2.24) is 19.4 Å². The number of unbranched alkanes of at least 4 members (excludes halogenated alkanes) is 1. The number of fused-ring (bicyclic) bond motifs is 1. The van der Waals surface area contributed by atoms with E-state index in [1.807, 2.05) is 41.1 Å². The molecule has 6 nitrogen and oxygen atoms in total. The SMILES string of the molecule is CCCCN1CCn2nc(CNS(=O)(=O)Cc3ccccc3)cc2C1. The molecule has 0 spiro atoms. The standard InChI is InChI=1S/C18H26N4O2S/c1-2-3-9-21-10-11-22-18(14-21)12-17(20-22)13-19-25(23,24)15-16-7-5-4-6-8-16/h4-8,12,19H,2-3,9-11,13-15H2,1H3. The molecule has 1 N–H and O–H groups in total. The van der Waals surface area contributed by atoms with Gasteiger partial charge >= 0.3 is 0 Å². The Hall–Kier alpha value is -1.70. The molecular formula is C18H26N4O2S. The van der Waals surface area contributed by atoms with Gasteiger partial charge in [-0.15, -0.1) is 0 Å². The summed E-state index contributed by atoms with van der Waals surface area (Å²) in [5.74, 6) is -0.00774. The van der Waals surface area contributed by atoms with E-state index in [9.17, 15) is 8.42 Å². The maximum Gasteiger partial charge on any atom is 0.216 e. The molecule has 0 aliphatic carbocycles. The van der Waals surface area contributed by atoms with Gasteiger partial charge in [-0.3, -0.25) is 9.58 Å². The molecule has 25 heavy (non-hydrogen) atoms. The van der Waals surface area contributed by atoms with Crippen LogP contribution in [0.25, 0.3) is 0 Å². The molecule has 2 aromatic rings. The second-order valence-electron chi connectivity index (χ2n) is 6.55. The van der Waals surface area contributed by atoms with Crippen LogP contribution in [0.5, 0.6) is 0 Å². The number of hydrogen-bond acceptors (Lipinski definition) is 4. The number of hydrogen-bond donors (Lipinski definition) is 1. The Labute approximate surface area is 149 Å². The van der Waals surface area contributed by atoms with Crippen LogP contribution in [0, 0.1) is 0 Å². The first-order chi connectivity index (χ1) is 12.1. The minimum atomic E-state index is -3.37. The lowest BCUT2D eigenvalue weighted by atomic mass is 10.2. The molecule has 0 saturated heterocycles. The maximum absolute atomic E-state index is 12.2. The number of rotatable bonds is 8. The number of benzene rings is 1. The van der Waals surface area contributed by atoms with E-state index in [0.29, 0.717) is 0 Å². The van der Waals surface area contributed by atoms with Crippen molar-refractivity contribution < 1.29 is 8.42 Å². The molecule has 0 atom stereocenters. The van der Waals surface area contributed by atoms with Crippen LogP contribution in [-0.2, 0) is 35.4 Å². The van der Waals surface area contributed by atoms with E-state index in [0.717, 1.165) is 37.4 Å². The van der Waals surface area contributed by atoms with E-state index in [1.54, 1.807) is 0 Å². The summed E-state index contributed by atoms with van der Waals surface area (Å²) < 4.78 is 29.1. The van der Waals surface area contributed by atoms with Gasteiger partial charge in [0, 0.05) is 13.1 Å². The Bertz CT molecular complexity index is 787. The molecule has 1 aromatic heterocycles. The molecule has 0 fully saturated rings. The highest BCUT2D eigenvalue weighted by Crippen LogP contribution is 2.14. The van der Waals surface area contributed by atoms with Gasteiger partial charge < -0.3 is 0 Å². The third-order valence-electron chi connectivity index (χ3n) is 4.43. The van der Waals surface area contributed by atoms with E-state index in [2.05, 4.69) is 21.6 Å². The van der Waals surface area contributed by atoms with Gasteiger partial charge in [0.25, 0.3) is 0 Å². The highest BCUT2D eigenvalue weighted by atomic mass is 32.2. The fraction of sp³-hybridized carbons (Fsp3) is 0.500. The van der Waals surface area contributed by atoms with Crippen LogP contribution < -0.4 is 4.72 Å². The average Bonchev–Trinajstić information content (AvgIpc) is 3.01.